The molecule has 1 N–H and O–H groups in total. The van der Waals surface area contributed by atoms with E-state index < -0.39 is 10.0 Å². The summed E-state index contributed by atoms with van der Waals surface area (Å²) in [6, 6.07) is 18.1. The molecule has 0 aromatic heterocycles. The summed E-state index contributed by atoms with van der Waals surface area (Å²) >= 11 is 9.21. The maximum absolute atomic E-state index is 12.9. The number of methoxy groups -OCH3 is 1. The van der Waals surface area contributed by atoms with E-state index in [4.69, 9.17) is 16.3 Å². The van der Waals surface area contributed by atoms with Crippen LogP contribution in [-0.2, 0) is 16.6 Å². The number of carbonyl (C=O) groups excluding carboxylic acids is 1. The van der Waals surface area contributed by atoms with Crippen LogP contribution in [0, 0.1) is 0 Å². The van der Waals surface area contributed by atoms with Crippen LogP contribution in [-0.4, -0.2) is 32.8 Å². The summed E-state index contributed by atoms with van der Waals surface area (Å²) in [4.78, 5) is 12.8. The topological polar surface area (TPSA) is 75.7 Å². The van der Waals surface area contributed by atoms with Crippen LogP contribution in [0.25, 0.3) is 0 Å². The molecule has 0 aliphatic heterocycles. The lowest BCUT2D eigenvalue weighted by molar-refractivity contribution is 0.102. The van der Waals surface area contributed by atoms with Crippen molar-refractivity contribution in [2.45, 2.75) is 11.4 Å². The minimum absolute atomic E-state index is 0.0214. The van der Waals surface area contributed by atoms with Gasteiger partial charge in [0.15, 0.2) is 0 Å². The van der Waals surface area contributed by atoms with Gasteiger partial charge in [-0.1, -0.05) is 27.5 Å². The summed E-state index contributed by atoms with van der Waals surface area (Å²) in [6.07, 6.45) is 0. The van der Waals surface area contributed by atoms with Crippen molar-refractivity contribution in [3.63, 3.8) is 0 Å². The lowest BCUT2D eigenvalue weighted by Crippen LogP contribution is -2.27. The number of amides is 1. The van der Waals surface area contributed by atoms with Gasteiger partial charge in [-0.2, -0.15) is 4.31 Å². The van der Waals surface area contributed by atoms with Gasteiger partial charge in [0, 0.05) is 39.9 Å². The molecule has 0 atom stereocenters. The summed E-state index contributed by atoms with van der Waals surface area (Å²) in [5.41, 5.74) is 1.59. The first-order chi connectivity index (χ1) is 14.7. The number of carbonyl (C=O) groups is 1. The van der Waals surface area contributed by atoms with Gasteiger partial charge in [0.05, 0.1) is 12.0 Å². The Kier molecular flexibility index (Phi) is 7.38. The average molecular weight is 524 g/mol. The predicted molar refractivity (Wildman–Crippen MR) is 125 cm³/mol. The summed E-state index contributed by atoms with van der Waals surface area (Å²) in [7, 11) is -0.786. The summed E-state index contributed by atoms with van der Waals surface area (Å²) in [5, 5.41) is 3.27. The molecular weight excluding hydrogens is 504 g/mol. The second-order valence-electron chi connectivity index (χ2n) is 6.70. The first-order valence-electron chi connectivity index (χ1n) is 9.16. The van der Waals surface area contributed by atoms with Crippen molar-refractivity contribution in [1.82, 2.24) is 4.31 Å². The molecule has 3 aromatic rings. The van der Waals surface area contributed by atoms with Crippen LogP contribution in [0.2, 0.25) is 5.02 Å². The molecule has 3 aromatic carbocycles. The number of halogens is 2. The maximum atomic E-state index is 12.9. The lowest BCUT2D eigenvalue weighted by atomic mass is 10.1. The number of sulfonamides is 1. The van der Waals surface area contributed by atoms with E-state index in [0.717, 1.165) is 4.47 Å². The largest absolute Gasteiger partial charge is 0.496 e. The fourth-order valence-electron chi connectivity index (χ4n) is 2.89. The van der Waals surface area contributed by atoms with Crippen molar-refractivity contribution >= 4 is 49.1 Å². The molecule has 9 heteroatoms. The molecule has 0 unspecified atom stereocenters. The van der Waals surface area contributed by atoms with Crippen LogP contribution < -0.4 is 10.1 Å². The van der Waals surface area contributed by atoms with E-state index in [9.17, 15) is 13.2 Å². The van der Waals surface area contributed by atoms with Gasteiger partial charge in [0.1, 0.15) is 5.75 Å². The third-order valence-corrected chi connectivity index (χ3v) is 7.16. The number of hydrogen-bond acceptors (Lipinski definition) is 4. The number of anilines is 1. The number of rotatable bonds is 7. The van der Waals surface area contributed by atoms with Gasteiger partial charge in [-0.25, -0.2) is 8.42 Å². The number of benzene rings is 3. The highest BCUT2D eigenvalue weighted by atomic mass is 79.9. The summed E-state index contributed by atoms with van der Waals surface area (Å²) in [6.45, 7) is 0.0214. The molecule has 0 saturated heterocycles. The minimum atomic E-state index is -3.75. The van der Waals surface area contributed by atoms with E-state index in [1.54, 1.807) is 30.3 Å². The molecule has 0 bridgehead atoms. The van der Waals surface area contributed by atoms with Crippen LogP contribution in [0.15, 0.2) is 76.1 Å². The van der Waals surface area contributed by atoms with Crippen LogP contribution in [0.1, 0.15) is 15.9 Å². The van der Waals surface area contributed by atoms with Gasteiger partial charge in [-0.3, -0.25) is 4.79 Å². The van der Waals surface area contributed by atoms with Crippen molar-refractivity contribution in [3.05, 3.63) is 87.4 Å². The van der Waals surface area contributed by atoms with E-state index in [1.807, 2.05) is 12.1 Å². The Balaban J connectivity index is 1.83. The zero-order valence-corrected chi connectivity index (χ0v) is 20.0. The molecule has 3 rings (SSSR count). The molecule has 1 amide bonds. The van der Waals surface area contributed by atoms with Gasteiger partial charge in [0.2, 0.25) is 10.0 Å². The van der Waals surface area contributed by atoms with Gasteiger partial charge in [0.25, 0.3) is 5.91 Å². The number of ether oxygens (including phenoxy) is 1. The van der Waals surface area contributed by atoms with E-state index in [2.05, 4.69) is 21.2 Å². The Morgan fingerprint density at radius 1 is 1.06 bits per heavy atom. The Morgan fingerprint density at radius 2 is 1.71 bits per heavy atom. The molecule has 31 heavy (non-hydrogen) atoms. The Bertz CT molecular complexity index is 1180. The van der Waals surface area contributed by atoms with Crippen molar-refractivity contribution in [1.29, 1.82) is 0 Å². The fraction of sp³-hybridized carbons (Fsp3) is 0.136. The van der Waals surface area contributed by atoms with Crippen LogP contribution >= 0.6 is 27.5 Å². The zero-order valence-electron chi connectivity index (χ0n) is 16.8. The molecule has 0 radical (unpaired) electrons. The van der Waals surface area contributed by atoms with Crippen molar-refractivity contribution < 1.29 is 17.9 Å². The Labute approximate surface area is 195 Å². The third-order valence-electron chi connectivity index (χ3n) is 4.56. The van der Waals surface area contributed by atoms with E-state index in [-0.39, 0.29) is 17.3 Å². The molecule has 0 saturated carbocycles. The second kappa shape index (κ2) is 9.82. The highest BCUT2D eigenvalue weighted by Crippen LogP contribution is 2.25. The van der Waals surface area contributed by atoms with Crippen molar-refractivity contribution in [3.8, 4) is 5.75 Å². The fourth-order valence-corrected chi connectivity index (χ4v) is 4.43. The quantitative estimate of drug-likeness (QED) is 0.463. The highest BCUT2D eigenvalue weighted by molar-refractivity contribution is 9.10. The van der Waals surface area contributed by atoms with Gasteiger partial charge in [-0.15, -0.1) is 0 Å². The lowest BCUT2D eigenvalue weighted by Gasteiger charge is -2.19. The predicted octanol–water partition coefficient (Wildman–Crippen LogP) is 5.18. The monoisotopic (exact) mass is 522 g/mol. The first kappa shape index (κ1) is 23.3. The molecule has 0 fully saturated rings. The van der Waals surface area contributed by atoms with Crippen LogP contribution in [0.3, 0.4) is 0 Å². The molecule has 162 valence electrons. The Morgan fingerprint density at radius 3 is 2.32 bits per heavy atom. The van der Waals surface area contributed by atoms with Gasteiger partial charge in [-0.05, 0) is 66.7 Å². The smallest absolute Gasteiger partial charge is 0.255 e. The van der Waals surface area contributed by atoms with Crippen molar-refractivity contribution in [2.24, 2.45) is 0 Å². The second-order valence-corrected chi connectivity index (χ2v) is 10.1. The van der Waals surface area contributed by atoms with E-state index in [1.165, 1.54) is 42.7 Å². The van der Waals surface area contributed by atoms with Gasteiger partial charge < -0.3 is 10.1 Å². The molecule has 0 spiro atoms. The zero-order chi connectivity index (χ0) is 22.6. The summed E-state index contributed by atoms with van der Waals surface area (Å²) in [5.74, 6) is 0.174. The maximum Gasteiger partial charge on any atom is 0.255 e. The molecule has 0 aliphatic rings. The summed E-state index contributed by atoms with van der Waals surface area (Å²) < 4.78 is 33.3. The van der Waals surface area contributed by atoms with Crippen molar-refractivity contribution in [2.75, 3.05) is 19.5 Å². The van der Waals surface area contributed by atoms with Gasteiger partial charge >= 0.3 is 0 Å². The minimum Gasteiger partial charge on any atom is -0.496 e. The first-order valence-corrected chi connectivity index (χ1v) is 11.8. The SMILES string of the molecule is COc1ccc(C(=O)Nc2ccc(Br)cc2)cc1CN(C)S(=O)(=O)c1ccc(Cl)cc1. The standard InChI is InChI=1S/C22H20BrClN2O4S/c1-26(31(28,29)20-10-6-18(24)7-11-20)14-16-13-15(3-12-21(16)30-2)22(27)25-19-8-4-17(23)5-9-19/h3-13H,14H2,1-2H3,(H,25,27). The van der Waals surface area contributed by atoms with Crippen LogP contribution in [0.4, 0.5) is 5.69 Å². The van der Waals surface area contributed by atoms with E-state index >= 15 is 0 Å². The molecule has 0 heterocycles. The Hall–Kier alpha value is -2.39. The number of hydrogen-bond donors (Lipinski definition) is 1. The number of nitrogens with zero attached hydrogens (tertiary/aromatic N) is 1. The number of nitrogens with one attached hydrogen (secondary N) is 1. The highest BCUT2D eigenvalue weighted by Gasteiger charge is 2.22. The molecule has 6 nitrogen and oxygen atoms in total. The molecule has 0 aliphatic carbocycles. The third kappa shape index (κ3) is 5.65. The molecular formula is C22H20BrClN2O4S. The average Bonchev–Trinajstić information content (AvgIpc) is 2.75. The van der Waals surface area contributed by atoms with E-state index in [0.29, 0.717) is 27.6 Å². The van der Waals surface area contributed by atoms with Crippen LogP contribution in [0.5, 0.6) is 5.75 Å². The normalized spacial score (nSPS) is 11.4.